The van der Waals surface area contributed by atoms with Gasteiger partial charge in [-0.15, -0.1) is 0 Å². The Bertz CT molecular complexity index is 458. The minimum absolute atomic E-state index is 0.156. The predicted octanol–water partition coefficient (Wildman–Crippen LogP) is 1.83. The lowest BCUT2D eigenvalue weighted by atomic mass is 9.96. The van der Waals surface area contributed by atoms with Crippen molar-refractivity contribution in [3.05, 3.63) is 0 Å². The molecule has 6 nitrogen and oxygen atoms in total. The van der Waals surface area contributed by atoms with Crippen molar-refractivity contribution >= 4 is 10.2 Å². The van der Waals surface area contributed by atoms with E-state index in [0.29, 0.717) is 12.5 Å². The molecule has 1 atom stereocenters. The highest BCUT2D eigenvalue weighted by Gasteiger charge is 2.29. The van der Waals surface area contributed by atoms with Crippen LogP contribution < -0.4 is 4.72 Å². The molecule has 0 bridgehead atoms. The number of nitrogens with zero attached hydrogens (tertiary/aromatic N) is 2. The van der Waals surface area contributed by atoms with E-state index >= 15 is 0 Å². The van der Waals surface area contributed by atoms with Crippen LogP contribution in [0, 0.1) is 5.92 Å². The summed E-state index contributed by atoms with van der Waals surface area (Å²) in [5, 5.41) is 0. The third-order valence-electron chi connectivity index (χ3n) is 5.27. The topological polar surface area (TPSA) is 61.9 Å². The van der Waals surface area contributed by atoms with E-state index in [1.807, 2.05) is 0 Å². The van der Waals surface area contributed by atoms with Crippen LogP contribution in [0.2, 0.25) is 0 Å². The van der Waals surface area contributed by atoms with Crippen molar-refractivity contribution in [3.8, 4) is 0 Å². The average molecular weight is 362 g/mol. The molecule has 1 aliphatic carbocycles. The first-order chi connectivity index (χ1) is 11.4. The Balaban J connectivity index is 1.92. The molecule has 2 aliphatic rings. The lowest BCUT2D eigenvalue weighted by molar-refractivity contribution is 0.0134. The van der Waals surface area contributed by atoms with Crippen molar-refractivity contribution in [2.45, 2.75) is 64.5 Å². The first-order valence-electron chi connectivity index (χ1n) is 9.44. The van der Waals surface area contributed by atoms with Gasteiger partial charge in [0.1, 0.15) is 0 Å². The highest BCUT2D eigenvalue weighted by molar-refractivity contribution is 7.87. The molecular weight excluding hydrogens is 326 g/mol. The van der Waals surface area contributed by atoms with Gasteiger partial charge in [0.2, 0.25) is 0 Å². The SMILES string of the molecule is CC(C)CC(CNS(=O)(=O)N(C)C1CCCCC1)N1CCOCC1. The zero-order chi connectivity index (χ0) is 17.6. The number of ether oxygens (including phenoxy) is 1. The fourth-order valence-electron chi connectivity index (χ4n) is 3.79. The Hall–Kier alpha value is -0.210. The van der Waals surface area contributed by atoms with E-state index < -0.39 is 10.2 Å². The van der Waals surface area contributed by atoms with Crippen molar-refractivity contribution < 1.29 is 13.2 Å². The number of rotatable bonds is 8. The van der Waals surface area contributed by atoms with Crippen molar-refractivity contribution in [2.75, 3.05) is 39.9 Å². The van der Waals surface area contributed by atoms with Crippen LogP contribution in [-0.4, -0.2) is 69.6 Å². The molecule has 1 heterocycles. The Morgan fingerprint density at radius 2 is 1.79 bits per heavy atom. The van der Waals surface area contributed by atoms with Crippen LogP contribution in [0.4, 0.5) is 0 Å². The molecule has 2 fully saturated rings. The molecule has 1 aliphatic heterocycles. The van der Waals surface area contributed by atoms with Gasteiger partial charge in [-0.3, -0.25) is 4.90 Å². The summed E-state index contributed by atoms with van der Waals surface area (Å²) in [6.45, 7) is 8.12. The van der Waals surface area contributed by atoms with Gasteiger partial charge in [-0.25, -0.2) is 4.72 Å². The maximum atomic E-state index is 12.7. The third kappa shape index (κ3) is 5.95. The van der Waals surface area contributed by atoms with Crippen molar-refractivity contribution in [1.29, 1.82) is 0 Å². The molecule has 1 N–H and O–H groups in total. The van der Waals surface area contributed by atoms with E-state index in [9.17, 15) is 8.42 Å². The van der Waals surface area contributed by atoms with Crippen molar-refractivity contribution in [1.82, 2.24) is 13.9 Å². The van der Waals surface area contributed by atoms with Crippen LogP contribution in [0.1, 0.15) is 52.4 Å². The van der Waals surface area contributed by atoms with E-state index in [4.69, 9.17) is 4.74 Å². The summed E-state index contributed by atoms with van der Waals surface area (Å²) in [5.41, 5.74) is 0. The summed E-state index contributed by atoms with van der Waals surface area (Å²) in [6, 6.07) is 0.395. The molecule has 0 amide bonds. The molecule has 7 heteroatoms. The first kappa shape index (κ1) is 20.1. The van der Waals surface area contributed by atoms with Gasteiger partial charge in [0.05, 0.1) is 13.2 Å². The van der Waals surface area contributed by atoms with E-state index in [1.54, 1.807) is 11.4 Å². The third-order valence-corrected chi connectivity index (χ3v) is 6.86. The maximum absolute atomic E-state index is 12.7. The number of hydrogen-bond acceptors (Lipinski definition) is 4. The summed E-state index contributed by atoms with van der Waals surface area (Å²) < 4.78 is 35.2. The standard InChI is InChI=1S/C17H35N3O3S/c1-15(2)13-17(20-9-11-23-12-10-20)14-18-24(21,22)19(3)16-7-5-4-6-8-16/h15-18H,4-14H2,1-3H3. The molecule has 1 saturated heterocycles. The fourth-order valence-corrected chi connectivity index (χ4v) is 5.00. The highest BCUT2D eigenvalue weighted by Crippen LogP contribution is 2.23. The number of nitrogens with one attached hydrogen (secondary N) is 1. The molecular formula is C17H35N3O3S. The maximum Gasteiger partial charge on any atom is 0.279 e. The fraction of sp³-hybridized carbons (Fsp3) is 1.00. The lowest BCUT2D eigenvalue weighted by Gasteiger charge is -2.36. The van der Waals surface area contributed by atoms with Crippen molar-refractivity contribution in [2.24, 2.45) is 5.92 Å². The van der Waals surface area contributed by atoms with Gasteiger partial charge in [0.25, 0.3) is 10.2 Å². The van der Waals surface area contributed by atoms with Crippen LogP contribution in [-0.2, 0) is 14.9 Å². The van der Waals surface area contributed by atoms with Gasteiger partial charge in [-0.1, -0.05) is 33.1 Å². The van der Waals surface area contributed by atoms with Gasteiger partial charge in [-0.2, -0.15) is 12.7 Å². The predicted molar refractivity (Wildman–Crippen MR) is 97.2 cm³/mol. The molecule has 0 aromatic rings. The highest BCUT2D eigenvalue weighted by atomic mass is 32.2. The summed E-state index contributed by atoms with van der Waals surface area (Å²) in [5.74, 6) is 0.540. The van der Waals surface area contributed by atoms with E-state index in [1.165, 1.54) is 6.42 Å². The normalized spacial score (nSPS) is 23.0. The molecule has 2 rings (SSSR count). The second-order valence-electron chi connectivity index (χ2n) is 7.59. The summed E-state index contributed by atoms with van der Waals surface area (Å²) in [7, 11) is -1.68. The molecule has 1 saturated carbocycles. The zero-order valence-corrected chi connectivity index (χ0v) is 16.4. The Kier molecular flexibility index (Phi) is 7.94. The zero-order valence-electron chi connectivity index (χ0n) is 15.5. The molecule has 142 valence electrons. The molecule has 0 aromatic heterocycles. The van der Waals surface area contributed by atoms with Crippen LogP contribution in [0.3, 0.4) is 0 Å². The van der Waals surface area contributed by atoms with Crippen LogP contribution in [0.25, 0.3) is 0 Å². The minimum Gasteiger partial charge on any atom is -0.379 e. The van der Waals surface area contributed by atoms with Gasteiger partial charge in [0.15, 0.2) is 0 Å². The van der Waals surface area contributed by atoms with Gasteiger partial charge >= 0.3 is 0 Å². The molecule has 0 spiro atoms. The van der Waals surface area contributed by atoms with E-state index in [0.717, 1.165) is 58.4 Å². The van der Waals surface area contributed by atoms with Gasteiger partial charge in [0, 0.05) is 38.8 Å². The molecule has 0 aromatic carbocycles. The Labute approximate surface area is 148 Å². The van der Waals surface area contributed by atoms with Crippen LogP contribution in [0.5, 0.6) is 0 Å². The van der Waals surface area contributed by atoms with Crippen LogP contribution >= 0.6 is 0 Å². The van der Waals surface area contributed by atoms with E-state index in [-0.39, 0.29) is 12.1 Å². The van der Waals surface area contributed by atoms with Gasteiger partial charge < -0.3 is 4.74 Å². The van der Waals surface area contributed by atoms with Crippen molar-refractivity contribution in [3.63, 3.8) is 0 Å². The molecule has 24 heavy (non-hydrogen) atoms. The second-order valence-corrected chi connectivity index (χ2v) is 9.41. The van der Waals surface area contributed by atoms with Crippen LogP contribution in [0.15, 0.2) is 0 Å². The largest absolute Gasteiger partial charge is 0.379 e. The molecule has 1 unspecified atom stereocenters. The quantitative estimate of drug-likeness (QED) is 0.716. The molecule has 0 radical (unpaired) electrons. The monoisotopic (exact) mass is 361 g/mol. The average Bonchev–Trinajstić information content (AvgIpc) is 2.59. The summed E-state index contributed by atoms with van der Waals surface area (Å²) in [4.78, 5) is 2.37. The smallest absolute Gasteiger partial charge is 0.279 e. The lowest BCUT2D eigenvalue weighted by Crippen LogP contribution is -2.52. The number of morpholine rings is 1. The number of hydrogen-bond donors (Lipinski definition) is 1. The second kappa shape index (κ2) is 9.48. The Morgan fingerprint density at radius 3 is 2.38 bits per heavy atom. The minimum atomic E-state index is -3.40. The van der Waals surface area contributed by atoms with E-state index in [2.05, 4.69) is 23.5 Å². The summed E-state index contributed by atoms with van der Waals surface area (Å²) >= 11 is 0. The summed E-state index contributed by atoms with van der Waals surface area (Å²) in [6.07, 6.45) is 6.45. The van der Waals surface area contributed by atoms with Gasteiger partial charge in [-0.05, 0) is 25.2 Å². The Morgan fingerprint density at radius 1 is 1.17 bits per heavy atom. The first-order valence-corrected chi connectivity index (χ1v) is 10.9.